The van der Waals surface area contributed by atoms with E-state index in [-0.39, 0.29) is 24.6 Å². The van der Waals surface area contributed by atoms with Gasteiger partial charge in [-0.25, -0.2) is 4.68 Å². The number of anilines is 1. The lowest BCUT2D eigenvalue weighted by molar-refractivity contribution is -0.125. The fourth-order valence-electron chi connectivity index (χ4n) is 2.95. The molecule has 0 unspecified atom stereocenters. The molecule has 1 aliphatic heterocycles. The molecule has 9 heteroatoms. The number of carbonyl (C=O) groups excluding carboxylic acids is 2. The zero-order chi connectivity index (χ0) is 19.4. The summed E-state index contributed by atoms with van der Waals surface area (Å²) in [5.74, 6) is 0.312. The Balaban J connectivity index is 1.61. The van der Waals surface area contributed by atoms with Crippen molar-refractivity contribution in [1.82, 2.24) is 15.1 Å². The summed E-state index contributed by atoms with van der Waals surface area (Å²) in [5.41, 5.74) is 12.2. The molecule has 3 rings (SSSR count). The lowest BCUT2D eigenvalue weighted by Crippen LogP contribution is -2.52. The molecular formula is C18H23N5O4. The van der Waals surface area contributed by atoms with E-state index < -0.39 is 5.91 Å². The molecule has 0 aliphatic carbocycles. The van der Waals surface area contributed by atoms with Gasteiger partial charge in [-0.15, -0.1) is 0 Å². The quantitative estimate of drug-likeness (QED) is 0.663. The number of rotatable bonds is 6. The van der Waals surface area contributed by atoms with Gasteiger partial charge in [0.05, 0.1) is 24.9 Å². The van der Waals surface area contributed by atoms with Crippen molar-refractivity contribution < 1.29 is 19.1 Å². The molecular weight excluding hydrogens is 350 g/mol. The first-order chi connectivity index (χ1) is 12.9. The molecule has 9 nitrogen and oxygen atoms in total. The number of nitrogens with one attached hydrogen (secondary N) is 1. The van der Waals surface area contributed by atoms with Gasteiger partial charge in [-0.2, -0.15) is 5.10 Å². The van der Waals surface area contributed by atoms with Crippen LogP contribution in [-0.4, -0.2) is 47.0 Å². The second kappa shape index (κ2) is 8.09. The van der Waals surface area contributed by atoms with Crippen LogP contribution in [0.5, 0.6) is 5.75 Å². The van der Waals surface area contributed by atoms with E-state index in [2.05, 4.69) is 10.4 Å². The Hall–Kier alpha value is -3.07. The van der Waals surface area contributed by atoms with E-state index in [1.165, 1.54) is 4.68 Å². The van der Waals surface area contributed by atoms with Crippen molar-refractivity contribution >= 4 is 17.6 Å². The predicted molar refractivity (Wildman–Crippen MR) is 98.1 cm³/mol. The van der Waals surface area contributed by atoms with Gasteiger partial charge < -0.3 is 26.3 Å². The minimum Gasteiger partial charge on any atom is -0.488 e. The Morgan fingerprint density at radius 1 is 1.37 bits per heavy atom. The molecule has 2 amide bonds. The molecule has 2 atom stereocenters. The number of ether oxygens (including phenoxy) is 2. The van der Waals surface area contributed by atoms with Crippen molar-refractivity contribution in [3.63, 3.8) is 0 Å². The zero-order valence-corrected chi connectivity index (χ0v) is 15.1. The summed E-state index contributed by atoms with van der Waals surface area (Å²) in [6.07, 6.45) is 0.379. The maximum Gasteiger partial charge on any atom is 0.248 e. The molecule has 1 fully saturated rings. The van der Waals surface area contributed by atoms with Crippen LogP contribution in [0.4, 0.5) is 5.82 Å². The van der Waals surface area contributed by atoms with Crippen LogP contribution in [0, 0.1) is 6.92 Å². The van der Waals surface area contributed by atoms with E-state index in [9.17, 15) is 9.59 Å². The first-order valence-electron chi connectivity index (χ1n) is 8.66. The number of benzene rings is 1. The van der Waals surface area contributed by atoms with E-state index in [4.69, 9.17) is 20.9 Å². The Labute approximate surface area is 156 Å². The third-order valence-electron chi connectivity index (χ3n) is 4.29. The lowest BCUT2D eigenvalue weighted by Gasteiger charge is -2.32. The Bertz CT molecular complexity index is 818. The fourth-order valence-corrected chi connectivity index (χ4v) is 2.95. The molecule has 2 aromatic rings. The number of carbonyl (C=O) groups is 2. The number of amides is 2. The molecule has 0 radical (unpaired) electrons. The lowest BCUT2D eigenvalue weighted by atomic mass is 10.1. The van der Waals surface area contributed by atoms with Crippen molar-refractivity contribution in [3.05, 3.63) is 41.6 Å². The van der Waals surface area contributed by atoms with E-state index >= 15 is 0 Å². The predicted octanol–water partition coefficient (Wildman–Crippen LogP) is 0.225. The van der Waals surface area contributed by atoms with Crippen molar-refractivity contribution in [2.75, 3.05) is 18.9 Å². The van der Waals surface area contributed by atoms with Crippen LogP contribution in [0.25, 0.3) is 0 Å². The molecule has 144 valence electrons. The number of nitrogens with zero attached hydrogens (tertiary/aromatic N) is 2. The van der Waals surface area contributed by atoms with Crippen LogP contribution in [0.15, 0.2) is 30.3 Å². The molecule has 1 aromatic heterocycles. The van der Waals surface area contributed by atoms with Crippen LogP contribution in [0.3, 0.4) is 0 Å². The average molecular weight is 373 g/mol. The summed E-state index contributed by atoms with van der Waals surface area (Å²) in [7, 11) is 0. The number of aryl methyl sites for hydroxylation is 1. The molecule has 0 bridgehead atoms. The molecule has 27 heavy (non-hydrogen) atoms. The van der Waals surface area contributed by atoms with Gasteiger partial charge in [0.25, 0.3) is 0 Å². The van der Waals surface area contributed by atoms with Gasteiger partial charge in [0.15, 0.2) is 0 Å². The number of primary amides is 1. The van der Waals surface area contributed by atoms with Crippen molar-refractivity contribution in [2.45, 2.75) is 32.0 Å². The summed E-state index contributed by atoms with van der Waals surface area (Å²) >= 11 is 0. The van der Waals surface area contributed by atoms with Crippen molar-refractivity contribution in [1.29, 1.82) is 0 Å². The number of nitrogens with two attached hydrogens (primary N) is 2. The number of hydrogen-bond donors (Lipinski definition) is 3. The van der Waals surface area contributed by atoms with E-state index in [0.717, 1.165) is 5.69 Å². The van der Waals surface area contributed by atoms with Crippen LogP contribution >= 0.6 is 0 Å². The van der Waals surface area contributed by atoms with Gasteiger partial charge >= 0.3 is 0 Å². The minimum atomic E-state index is -0.495. The first kappa shape index (κ1) is 18.7. The van der Waals surface area contributed by atoms with E-state index in [1.54, 1.807) is 30.3 Å². The summed E-state index contributed by atoms with van der Waals surface area (Å²) in [6.45, 7) is 2.73. The summed E-state index contributed by atoms with van der Waals surface area (Å²) in [4.78, 5) is 23.5. The smallest absolute Gasteiger partial charge is 0.248 e. The minimum absolute atomic E-state index is 0.0240. The summed E-state index contributed by atoms with van der Waals surface area (Å²) in [6, 6.07) is 7.97. The average Bonchev–Trinajstić information content (AvgIpc) is 2.94. The largest absolute Gasteiger partial charge is 0.488 e. The Morgan fingerprint density at radius 2 is 2.11 bits per heavy atom. The number of hydrogen-bond acceptors (Lipinski definition) is 6. The summed E-state index contributed by atoms with van der Waals surface area (Å²) in [5, 5.41) is 7.11. The maximum atomic E-state index is 12.4. The van der Waals surface area contributed by atoms with Crippen molar-refractivity contribution in [2.24, 2.45) is 5.73 Å². The third kappa shape index (κ3) is 4.76. The highest BCUT2D eigenvalue weighted by Crippen LogP contribution is 2.19. The third-order valence-corrected chi connectivity index (χ3v) is 4.29. The second-order valence-electron chi connectivity index (χ2n) is 6.45. The summed E-state index contributed by atoms with van der Waals surface area (Å²) < 4.78 is 12.9. The molecule has 2 heterocycles. The van der Waals surface area contributed by atoms with Gasteiger partial charge in [0, 0.05) is 18.1 Å². The van der Waals surface area contributed by atoms with Crippen LogP contribution < -0.4 is 21.5 Å². The maximum absolute atomic E-state index is 12.4. The Kier molecular flexibility index (Phi) is 5.60. The van der Waals surface area contributed by atoms with Crippen molar-refractivity contribution in [3.8, 4) is 5.75 Å². The monoisotopic (exact) mass is 373 g/mol. The van der Waals surface area contributed by atoms with Gasteiger partial charge in [0.1, 0.15) is 24.2 Å². The molecule has 1 aliphatic rings. The van der Waals surface area contributed by atoms with Crippen LogP contribution in [0.1, 0.15) is 22.5 Å². The molecule has 1 aromatic carbocycles. The molecule has 5 N–H and O–H groups in total. The van der Waals surface area contributed by atoms with E-state index in [0.29, 0.717) is 36.8 Å². The molecule has 0 saturated carbocycles. The fraction of sp³-hybridized carbons (Fsp3) is 0.389. The van der Waals surface area contributed by atoms with Crippen LogP contribution in [-0.2, 0) is 16.1 Å². The standard InChI is InChI=1S/C18H23N5O4/c1-11-8-16(19)23(22-11)9-17(24)21-14-10-26-7-6-15(14)27-13-4-2-12(3-5-13)18(20)25/h2-5,8,14-15H,6-7,9-10,19H2,1H3,(H2,20,25)(H,21,24)/t14-,15-/m1/s1. The first-order valence-corrected chi connectivity index (χ1v) is 8.66. The topological polar surface area (TPSA) is 134 Å². The van der Waals surface area contributed by atoms with Crippen LogP contribution in [0.2, 0.25) is 0 Å². The normalized spacial score (nSPS) is 19.4. The molecule has 1 saturated heterocycles. The second-order valence-corrected chi connectivity index (χ2v) is 6.45. The highest BCUT2D eigenvalue weighted by Gasteiger charge is 2.29. The molecule has 0 spiro atoms. The Morgan fingerprint density at radius 3 is 2.74 bits per heavy atom. The van der Waals surface area contributed by atoms with Gasteiger partial charge in [0.2, 0.25) is 11.8 Å². The number of nitrogen functional groups attached to an aromatic ring is 1. The van der Waals surface area contributed by atoms with Gasteiger partial charge in [-0.1, -0.05) is 0 Å². The zero-order valence-electron chi connectivity index (χ0n) is 15.1. The van der Waals surface area contributed by atoms with Gasteiger partial charge in [-0.3, -0.25) is 9.59 Å². The highest BCUT2D eigenvalue weighted by atomic mass is 16.5. The number of aromatic nitrogens is 2. The van der Waals surface area contributed by atoms with Gasteiger partial charge in [-0.05, 0) is 31.2 Å². The van der Waals surface area contributed by atoms with E-state index in [1.807, 2.05) is 6.92 Å². The highest BCUT2D eigenvalue weighted by molar-refractivity contribution is 5.92. The SMILES string of the molecule is Cc1cc(N)n(CC(=O)N[C@@H]2COCC[C@H]2Oc2ccc(C(N)=O)cc2)n1.